The number of nitrogens with zero attached hydrogens (tertiary/aromatic N) is 2. The average molecular weight is 627 g/mol. The van der Waals surface area contributed by atoms with Crippen LogP contribution in [0.1, 0.15) is 78.7 Å². The molecule has 0 radical (unpaired) electrons. The summed E-state index contributed by atoms with van der Waals surface area (Å²) in [7, 11) is 0. The van der Waals surface area contributed by atoms with Crippen molar-refractivity contribution >= 4 is 35.1 Å². The molecule has 232 valence electrons. The summed E-state index contributed by atoms with van der Waals surface area (Å²) >= 11 is 12.1. The Morgan fingerprint density at radius 2 is 1.90 bits per heavy atom. The summed E-state index contributed by atoms with van der Waals surface area (Å²) in [6.45, 7) is 12.3. The normalized spacial score (nSPS) is 25.7. The van der Waals surface area contributed by atoms with E-state index in [9.17, 15) is 14.9 Å². The Morgan fingerprint density at radius 1 is 1.26 bits per heavy atom. The van der Waals surface area contributed by atoms with Gasteiger partial charge in [-0.15, -0.1) is 11.6 Å². The topological polar surface area (TPSA) is 97.3 Å². The van der Waals surface area contributed by atoms with E-state index in [1.165, 1.54) is 12.1 Å². The summed E-state index contributed by atoms with van der Waals surface area (Å²) in [5.74, 6) is -2.78. The first-order valence-electron chi connectivity index (χ1n) is 14.5. The number of likely N-dealkylation sites (tertiary alicyclic amines) is 1. The lowest BCUT2D eigenvalue weighted by Gasteiger charge is -2.37. The molecule has 11 heteroatoms. The molecule has 2 heterocycles. The van der Waals surface area contributed by atoms with Gasteiger partial charge in [0.05, 0.1) is 22.5 Å². The molecule has 0 aliphatic carbocycles. The highest BCUT2D eigenvalue weighted by molar-refractivity contribution is 6.30. The molecule has 2 fully saturated rings. The van der Waals surface area contributed by atoms with Crippen LogP contribution in [0.5, 0.6) is 0 Å². The van der Waals surface area contributed by atoms with Crippen molar-refractivity contribution in [2.45, 2.75) is 97.3 Å². The fourth-order valence-electron chi connectivity index (χ4n) is 6.03. The molecule has 0 spiro atoms. The predicted octanol–water partition coefficient (Wildman–Crippen LogP) is 6.42. The monoisotopic (exact) mass is 625 g/mol. The first-order chi connectivity index (χ1) is 19.6. The average Bonchev–Trinajstić information content (AvgIpc) is 3.21. The lowest BCUT2D eigenvalue weighted by Crippen LogP contribution is -2.53. The highest BCUT2D eigenvalue weighted by Gasteiger charge is 2.59. The second-order valence-corrected chi connectivity index (χ2v) is 13.8. The van der Waals surface area contributed by atoms with Crippen molar-refractivity contribution in [3.63, 3.8) is 0 Å². The quantitative estimate of drug-likeness (QED) is 0.290. The lowest BCUT2D eigenvalue weighted by atomic mass is 9.64. The molecule has 3 rings (SSSR count). The van der Waals surface area contributed by atoms with Gasteiger partial charge in [0.25, 0.3) is 0 Å². The van der Waals surface area contributed by atoms with Gasteiger partial charge >= 0.3 is 6.03 Å². The van der Waals surface area contributed by atoms with Crippen LogP contribution in [-0.2, 0) is 4.79 Å². The summed E-state index contributed by atoms with van der Waals surface area (Å²) in [4.78, 5) is 28.1. The zero-order valence-electron chi connectivity index (χ0n) is 25.3. The zero-order chi connectivity index (χ0) is 31.4. The van der Waals surface area contributed by atoms with E-state index in [2.05, 4.69) is 22.0 Å². The molecule has 3 N–H and O–H groups in total. The number of rotatable bonds is 8. The van der Waals surface area contributed by atoms with Crippen LogP contribution >= 0.6 is 23.2 Å². The van der Waals surface area contributed by atoms with E-state index in [0.717, 1.165) is 0 Å². The molecular weight excluding hydrogens is 583 g/mol. The van der Waals surface area contributed by atoms with Crippen molar-refractivity contribution < 1.29 is 18.4 Å². The third-order valence-electron chi connectivity index (χ3n) is 8.17. The Labute approximate surface area is 258 Å². The number of urea groups is 1. The summed E-state index contributed by atoms with van der Waals surface area (Å²) < 4.78 is 31.3. The molecule has 1 aromatic carbocycles. The van der Waals surface area contributed by atoms with E-state index in [0.29, 0.717) is 32.4 Å². The molecule has 0 bridgehead atoms. The number of carbonyl (C=O) groups is 2. The van der Waals surface area contributed by atoms with Crippen molar-refractivity contribution in [3.05, 3.63) is 46.0 Å². The van der Waals surface area contributed by atoms with Gasteiger partial charge in [0.1, 0.15) is 11.6 Å². The van der Waals surface area contributed by atoms with Crippen molar-refractivity contribution in [2.24, 2.45) is 10.8 Å². The number of allylic oxidation sites excluding steroid dienone is 2. The standard InChI is InChI=1S/C31H43Cl2F2N5O2/c1-18(2)37-29(42)40-12-10-20(11-13-40)38-28(41)27-25(21-8-7-9-22(33)26(21)35)31(17-36,14-23(34)19(3)16-32)24(39-27)15-30(4,5)6/h7-9,18,20,24-25,27,39H,10-16H2,1-6H3,(H,37,42)(H,38,41)/t24-,25-,27+,31-/m0/s1. The van der Waals surface area contributed by atoms with Crippen LogP contribution in [0.4, 0.5) is 13.6 Å². The van der Waals surface area contributed by atoms with Gasteiger partial charge in [0, 0.05) is 49.4 Å². The van der Waals surface area contributed by atoms with E-state index in [1.807, 2.05) is 34.6 Å². The summed E-state index contributed by atoms with van der Waals surface area (Å²) in [5, 5.41) is 20.0. The number of carbonyl (C=O) groups excluding carboxylic acids is 2. The second kappa shape index (κ2) is 13.9. The predicted molar refractivity (Wildman–Crippen MR) is 163 cm³/mol. The zero-order valence-corrected chi connectivity index (χ0v) is 26.8. The third kappa shape index (κ3) is 7.75. The molecule has 4 atom stereocenters. The lowest BCUT2D eigenvalue weighted by molar-refractivity contribution is -0.124. The summed E-state index contributed by atoms with van der Waals surface area (Å²) in [6.07, 6.45) is 1.18. The number of halogens is 4. The van der Waals surface area contributed by atoms with Gasteiger partial charge in [-0.3, -0.25) is 4.79 Å². The first kappa shape index (κ1) is 34.1. The number of alkyl halides is 1. The van der Waals surface area contributed by atoms with E-state index < -0.39 is 41.0 Å². The Hall–Kier alpha value is -2.41. The largest absolute Gasteiger partial charge is 0.352 e. The molecule has 0 saturated carbocycles. The molecule has 0 aromatic heterocycles. The number of benzene rings is 1. The summed E-state index contributed by atoms with van der Waals surface area (Å²) in [6, 6.07) is 4.82. The van der Waals surface area contributed by atoms with E-state index in [-0.39, 0.29) is 52.0 Å². The van der Waals surface area contributed by atoms with Crippen molar-refractivity contribution in [1.29, 1.82) is 5.26 Å². The number of nitrogens with one attached hydrogen (secondary N) is 3. The molecule has 7 nitrogen and oxygen atoms in total. The molecular formula is C31H43Cl2F2N5O2. The van der Waals surface area contributed by atoms with Crippen LogP contribution in [0.15, 0.2) is 29.6 Å². The van der Waals surface area contributed by atoms with E-state index >= 15 is 8.78 Å². The fraction of sp³-hybridized carbons (Fsp3) is 0.645. The van der Waals surface area contributed by atoms with Gasteiger partial charge in [-0.2, -0.15) is 5.26 Å². The van der Waals surface area contributed by atoms with Gasteiger partial charge in [0.2, 0.25) is 5.91 Å². The van der Waals surface area contributed by atoms with Crippen molar-refractivity contribution in [3.8, 4) is 6.07 Å². The van der Waals surface area contributed by atoms with Crippen LogP contribution < -0.4 is 16.0 Å². The van der Waals surface area contributed by atoms with E-state index in [4.69, 9.17) is 23.2 Å². The van der Waals surface area contributed by atoms with Crippen LogP contribution in [0.25, 0.3) is 0 Å². The molecule has 3 amide bonds. The molecule has 1 aromatic rings. The minimum absolute atomic E-state index is 0.0153. The van der Waals surface area contributed by atoms with Crippen molar-refractivity contribution in [1.82, 2.24) is 20.9 Å². The fourth-order valence-corrected chi connectivity index (χ4v) is 6.36. The van der Waals surface area contributed by atoms with Gasteiger partial charge in [-0.05, 0) is 62.7 Å². The number of hydrogen-bond acceptors (Lipinski definition) is 4. The molecule has 42 heavy (non-hydrogen) atoms. The molecule has 2 aliphatic heterocycles. The summed E-state index contributed by atoms with van der Waals surface area (Å²) in [5.41, 5.74) is -1.44. The molecule has 0 unspecified atom stereocenters. The maximum Gasteiger partial charge on any atom is 0.317 e. The number of piperidine rings is 1. The minimum Gasteiger partial charge on any atom is -0.352 e. The Kier molecular flexibility index (Phi) is 11.3. The van der Waals surface area contributed by atoms with E-state index in [1.54, 1.807) is 17.9 Å². The maximum absolute atomic E-state index is 15.7. The Balaban J connectivity index is 2.01. The third-order valence-corrected chi connectivity index (χ3v) is 8.86. The van der Waals surface area contributed by atoms with Crippen LogP contribution in [0, 0.1) is 28.0 Å². The number of nitriles is 1. The maximum atomic E-state index is 15.7. The molecule has 2 saturated heterocycles. The highest BCUT2D eigenvalue weighted by atomic mass is 35.5. The highest BCUT2D eigenvalue weighted by Crippen LogP contribution is 2.54. The molecule has 2 aliphatic rings. The first-order valence-corrected chi connectivity index (χ1v) is 15.4. The van der Waals surface area contributed by atoms with Crippen LogP contribution in [-0.4, -0.2) is 60.0 Å². The smallest absolute Gasteiger partial charge is 0.317 e. The van der Waals surface area contributed by atoms with Gasteiger partial charge in [-0.25, -0.2) is 13.6 Å². The van der Waals surface area contributed by atoms with Gasteiger partial charge < -0.3 is 20.9 Å². The van der Waals surface area contributed by atoms with Crippen molar-refractivity contribution in [2.75, 3.05) is 19.0 Å². The number of amides is 3. The Bertz CT molecular complexity index is 1220. The Morgan fingerprint density at radius 3 is 2.45 bits per heavy atom. The van der Waals surface area contributed by atoms with Crippen LogP contribution in [0.2, 0.25) is 5.02 Å². The van der Waals surface area contributed by atoms with Gasteiger partial charge in [0.15, 0.2) is 0 Å². The number of hydrogen-bond donors (Lipinski definition) is 3. The SMILES string of the molecule is CC(CCl)=C(F)C[C@]1(C#N)[C@H](CC(C)(C)C)N[C@@H](C(=O)NC2CCN(C(=O)NC(C)C)CC2)[C@@H]1c1cccc(Cl)c1F. The van der Waals surface area contributed by atoms with Gasteiger partial charge in [-0.1, -0.05) is 44.5 Å². The minimum atomic E-state index is -1.52. The van der Waals surface area contributed by atoms with Crippen LogP contribution in [0.3, 0.4) is 0 Å². The second-order valence-electron chi connectivity index (χ2n) is 13.1.